The second-order valence-electron chi connectivity index (χ2n) is 6.72. The number of hydrogen-bond acceptors (Lipinski definition) is 5. The van der Waals surface area contributed by atoms with Crippen LogP contribution in [0.1, 0.15) is 31.4 Å². The number of fused-ring (bicyclic) bond motifs is 1. The quantitative estimate of drug-likeness (QED) is 0.755. The summed E-state index contributed by atoms with van der Waals surface area (Å²) < 4.78 is 0. The van der Waals surface area contributed by atoms with Crippen LogP contribution in [0.15, 0.2) is 43.0 Å². The first-order chi connectivity index (χ1) is 12.7. The molecule has 2 atom stereocenters. The SMILES string of the molecule is C[C@H](NC(=O)[C@@H]1CCCN(c2ncnc3nc[nH]c23)C1)c1ccccc1. The molecule has 1 aliphatic rings. The lowest BCUT2D eigenvalue weighted by molar-refractivity contribution is -0.125. The average Bonchev–Trinajstić information content (AvgIpc) is 3.17. The molecule has 1 aromatic carbocycles. The maximum Gasteiger partial charge on any atom is 0.225 e. The van der Waals surface area contributed by atoms with E-state index in [2.05, 4.69) is 30.2 Å². The summed E-state index contributed by atoms with van der Waals surface area (Å²) in [6, 6.07) is 10.0. The Bertz CT molecular complexity index is 893. The molecule has 0 aliphatic carbocycles. The van der Waals surface area contributed by atoms with Crippen molar-refractivity contribution in [3.05, 3.63) is 48.5 Å². The number of carbonyl (C=O) groups is 1. The third-order valence-electron chi connectivity index (χ3n) is 4.95. The van der Waals surface area contributed by atoms with Crippen LogP contribution in [0, 0.1) is 5.92 Å². The highest BCUT2D eigenvalue weighted by Crippen LogP contribution is 2.26. The molecule has 4 rings (SSSR count). The van der Waals surface area contributed by atoms with E-state index in [1.54, 1.807) is 6.33 Å². The van der Waals surface area contributed by atoms with E-state index in [1.807, 2.05) is 37.3 Å². The summed E-state index contributed by atoms with van der Waals surface area (Å²) in [5, 5.41) is 3.15. The van der Waals surface area contributed by atoms with Crippen molar-refractivity contribution in [2.75, 3.05) is 18.0 Å². The van der Waals surface area contributed by atoms with Crippen molar-refractivity contribution in [2.24, 2.45) is 5.92 Å². The van der Waals surface area contributed by atoms with Gasteiger partial charge in [-0.3, -0.25) is 4.79 Å². The minimum atomic E-state index is -0.0529. The third kappa shape index (κ3) is 3.24. The molecule has 1 saturated heterocycles. The Balaban J connectivity index is 1.46. The third-order valence-corrected chi connectivity index (χ3v) is 4.95. The van der Waals surface area contributed by atoms with Crippen LogP contribution >= 0.6 is 0 Å². The maximum atomic E-state index is 12.8. The smallest absolute Gasteiger partial charge is 0.225 e. The second-order valence-corrected chi connectivity index (χ2v) is 6.72. The fraction of sp³-hybridized carbons (Fsp3) is 0.368. The molecular formula is C19H22N6O. The van der Waals surface area contributed by atoms with E-state index in [9.17, 15) is 4.79 Å². The van der Waals surface area contributed by atoms with Crippen molar-refractivity contribution in [3.63, 3.8) is 0 Å². The Labute approximate surface area is 151 Å². The van der Waals surface area contributed by atoms with Gasteiger partial charge in [-0.15, -0.1) is 0 Å². The van der Waals surface area contributed by atoms with E-state index >= 15 is 0 Å². The second kappa shape index (κ2) is 7.11. The molecule has 0 spiro atoms. The van der Waals surface area contributed by atoms with Crippen LogP contribution in [0.3, 0.4) is 0 Å². The maximum absolute atomic E-state index is 12.8. The van der Waals surface area contributed by atoms with Crippen LogP contribution in [0.4, 0.5) is 5.82 Å². The van der Waals surface area contributed by atoms with Crippen LogP contribution in [0.2, 0.25) is 0 Å². The van der Waals surface area contributed by atoms with Gasteiger partial charge in [-0.25, -0.2) is 15.0 Å². The molecule has 7 nitrogen and oxygen atoms in total. The molecule has 26 heavy (non-hydrogen) atoms. The van der Waals surface area contributed by atoms with Crippen LogP contribution < -0.4 is 10.2 Å². The van der Waals surface area contributed by atoms with Crippen molar-refractivity contribution >= 4 is 22.9 Å². The lowest BCUT2D eigenvalue weighted by Crippen LogP contribution is -2.44. The molecule has 7 heteroatoms. The highest BCUT2D eigenvalue weighted by Gasteiger charge is 2.28. The van der Waals surface area contributed by atoms with E-state index in [4.69, 9.17) is 0 Å². The first-order valence-electron chi connectivity index (χ1n) is 8.96. The highest BCUT2D eigenvalue weighted by atomic mass is 16.2. The number of hydrogen-bond donors (Lipinski definition) is 2. The summed E-state index contributed by atoms with van der Waals surface area (Å²) in [5.74, 6) is 0.866. The number of nitrogens with one attached hydrogen (secondary N) is 2. The van der Waals surface area contributed by atoms with Gasteiger partial charge in [0.25, 0.3) is 0 Å². The fourth-order valence-electron chi connectivity index (χ4n) is 3.53. The molecule has 2 N–H and O–H groups in total. The zero-order chi connectivity index (χ0) is 17.9. The number of aromatic amines is 1. The Kier molecular flexibility index (Phi) is 4.51. The van der Waals surface area contributed by atoms with Crippen molar-refractivity contribution in [3.8, 4) is 0 Å². The predicted octanol–water partition coefficient (Wildman–Crippen LogP) is 2.45. The molecule has 0 saturated carbocycles. The standard InChI is InChI=1S/C19H22N6O/c1-13(14-6-3-2-4-7-14)24-19(26)15-8-5-9-25(10-15)18-16-17(21-11-20-16)22-12-23-18/h2-4,6-7,11-13,15H,5,8-10H2,1H3,(H,24,26)(H,20,21,22,23)/t13-,15+/m0/s1. The fourth-order valence-corrected chi connectivity index (χ4v) is 3.53. The van der Waals surface area contributed by atoms with Crippen molar-refractivity contribution in [1.82, 2.24) is 25.3 Å². The van der Waals surface area contributed by atoms with Crippen LogP contribution in [-0.4, -0.2) is 38.9 Å². The van der Waals surface area contributed by atoms with Gasteiger partial charge in [0, 0.05) is 13.1 Å². The van der Waals surface area contributed by atoms with Crippen LogP contribution in [0.25, 0.3) is 11.2 Å². The zero-order valence-electron chi connectivity index (χ0n) is 14.7. The summed E-state index contributed by atoms with van der Waals surface area (Å²) in [6.07, 6.45) is 5.00. The topological polar surface area (TPSA) is 86.8 Å². The van der Waals surface area contributed by atoms with Gasteiger partial charge >= 0.3 is 0 Å². The summed E-state index contributed by atoms with van der Waals surface area (Å²) in [6.45, 7) is 3.55. The Hall–Kier alpha value is -2.96. The molecule has 0 bridgehead atoms. The van der Waals surface area contributed by atoms with Gasteiger partial charge in [-0.1, -0.05) is 30.3 Å². The summed E-state index contributed by atoms with van der Waals surface area (Å²) in [5.41, 5.74) is 2.59. The molecule has 2 aromatic heterocycles. The first-order valence-corrected chi connectivity index (χ1v) is 8.96. The van der Waals surface area contributed by atoms with Gasteiger partial charge in [0.05, 0.1) is 18.3 Å². The number of rotatable bonds is 4. The van der Waals surface area contributed by atoms with Gasteiger partial charge in [-0.2, -0.15) is 0 Å². The van der Waals surface area contributed by atoms with Gasteiger partial charge in [0.15, 0.2) is 11.5 Å². The number of piperidine rings is 1. The normalized spacial score (nSPS) is 18.7. The number of amides is 1. The average molecular weight is 350 g/mol. The molecule has 3 heterocycles. The number of nitrogens with zero attached hydrogens (tertiary/aromatic N) is 4. The van der Waals surface area contributed by atoms with E-state index < -0.39 is 0 Å². The summed E-state index contributed by atoms with van der Waals surface area (Å²) in [4.78, 5) is 30.8. The van der Waals surface area contributed by atoms with Crippen molar-refractivity contribution in [1.29, 1.82) is 0 Å². The summed E-state index contributed by atoms with van der Waals surface area (Å²) in [7, 11) is 0. The molecule has 1 amide bonds. The van der Waals surface area contributed by atoms with Gasteiger partial charge < -0.3 is 15.2 Å². The number of aromatic nitrogens is 4. The highest BCUT2D eigenvalue weighted by molar-refractivity contribution is 5.84. The largest absolute Gasteiger partial charge is 0.354 e. The Morgan fingerprint density at radius 2 is 2.12 bits per heavy atom. The monoisotopic (exact) mass is 350 g/mol. The first kappa shape index (κ1) is 16.5. The van der Waals surface area contributed by atoms with Crippen LogP contribution in [0.5, 0.6) is 0 Å². The number of H-pyrrole nitrogens is 1. The van der Waals surface area contributed by atoms with Crippen molar-refractivity contribution < 1.29 is 4.79 Å². The summed E-state index contributed by atoms with van der Waals surface area (Å²) >= 11 is 0. The van der Waals surface area contributed by atoms with E-state index in [0.29, 0.717) is 12.2 Å². The number of imidazole rings is 1. The number of carbonyl (C=O) groups excluding carboxylic acids is 1. The molecule has 3 aromatic rings. The lowest BCUT2D eigenvalue weighted by atomic mass is 9.96. The number of anilines is 1. The molecule has 134 valence electrons. The van der Waals surface area contributed by atoms with E-state index in [1.165, 1.54) is 6.33 Å². The van der Waals surface area contributed by atoms with Crippen molar-refractivity contribution in [2.45, 2.75) is 25.8 Å². The minimum absolute atomic E-state index is 0.00237. The van der Waals surface area contributed by atoms with Gasteiger partial charge in [0.1, 0.15) is 11.8 Å². The zero-order valence-corrected chi connectivity index (χ0v) is 14.7. The minimum Gasteiger partial charge on any atom is -0.354 e. The van der Waals surface area contributed by atoms with Gasteiger partial charge in [-0.05, 0) is 25.3 Å². The molecule has 1 aliphatic heterocycles. The lowest BCUT2D eigenvalue weighted by Gasteiger charge is -2.33. The molecular weight excluding hydrogens is 328 g/mol. The molecule has 0 unspecified atom stereocenters. The van der Waals surface area contributed by atoms with E-state index in [0.717, 1.165) is 36.3 Å². The Morgan fingerprint density at radius 1 is 1.27 bits per heavy atom. The van der Waals surface area contributed by atoms with Gasteiger partial charge in [0.2, 0.25) is 5.91 Å². The van der Waals surface area contributed by atoms with Crippen LogP contribution in [-0.2, 0) is 4.79 Å². The number of benzene rings is 1. The predicted molar refractivity (Wildman–Crippen MR) is 99.6 cm³/mol. The van der Waals surface area contributed by atoms with E-state index in [-0.39, 0.29) is 17.9 Å². The molecule has 1 fully saturated rings. The Morgan fingerprint density at radius 3 is 2.96 bits per heavy atom. The molecule has 0 radical (unpaired) electrons.